The highest BCUT2D eigenvalue weighted by Gasteiger charge is 2.23. The number of hydrogen-bond donors (Lipinski definition) is 0. The van der Waals surface area contributed by atoms with Crippen LogP contribution in [-0.4, -0.2) is 17.9 Å². The van der Waals surface area contributed by atoms with E-state index in [1.54, 1.807) is 18.9 Å². The molecule has 2 nitrogen and oxygen atoms in total. The summed E-state index contributed by atoms with van der Waals surface area (Å²) in [6.45, 7) is 3.04. The van der Waals surface area contributed by atoms with Crippen LogP contribution in [0.15, 0.2) is 12.1 Å². The Hall–Kier alpha value is -0.740. The number of hydrogen-bond acceptors (Lipinski definition) is 4. The quantitative estimate of drug-likeness (QED) is 0.273. The van der Waals surface area contributed by atoms with Gasteiger partial charge in [0.15, 0.2) is 11.5 Å². The van der Waals surface area contributed by atoms with Gasteiger partial charge in [-0.1, -0.05) is 76.9 Å². The summed E-state index contributed by atoms with van der Waals surface area (Å²) in [5.74, 6) is 2.63. The maximum atomic E-state index is 5.98. The Balaban J connectivity index is 1.60. The Morgan fingerprint density at radius 1 is 0.960 bits per heavy atom. The smallest absolute Gasteiger partial charge is 0.165 e. The summed E-state index contributed by atoms with van der Waals surface area (Å²) in [7, 11) is 1.72. The molecular formula is C21H32O2S2. The molecule has 25 heavy (non-hydrogen) atoms. The molecule has 140 valence electrons. The third-order valence-electron chi connectivity index (χ3n) is 4.75. The molecule has 0 fully saturated rings. The molecule has 0 unspecified atom stereocenters. The lowest BCUT2D eigenvalue weighted by Crippen LogP contribution is -2.02. The summed E-state index contributed by atoms with van der Waals surface area (Å²) in [6, 6.07) is 4.08. The molecule has 0 saturated carbocycles. The van der Waals surface area contributed by atoms with Crippen LogP contribution in [0.5, 0.6) is 11.5 Å². The molecule has 0 aromatic heterocycles. The highest BCUT2D eigenvalue weighted by molar-refractivity contribution is 8.23. The molecule has 0 N–H and O–H groups in total. The SMILES string of the molecule is CCCCCCCCCCCCOc1ccc2c(c1OC)CSC2=S. The molecule has 1 aromatic rings. The van der Waals surface area contributed by atoms with E-state index in [9.17, 15) is 0 Å². The van der Waals surface area contributed by atoms with Crippen molar-refractivity contribution in [2.75, 3.05) is 13.7 Å². The monoisotopic (exact) mass is 380 g/mol. The molecule has 0 aliphatic carbocycles. The minimum Gasteiger partial charge on any atom is -0.493 e. The fourth-order valence-electron chi connectivity index (χ4n) is 3.27. The average Bonchev–Trinajstić information content (AvgIpc) is 3.00. The lowest BCUT2D eigenvalue weighted by atomic mass is 10.1. The average molecular weight is 381 g/mol. The van der Waals surface area contributed by atoms with Gasteiger partial charge in [0.2, 0.25) is 0 Å². The first-order valence-corrected chi connectivity index (χ1v) is 11.2. The third kappa shape index (κ3) is 6.49. The van der Waals surface area contributed by atoms with E-state index in [-0.39, 0.29) is 0 Å². The van der Waals surface area contributed by atoms with Crippen molar-refractivity contribution in [3.63, 3.8) is 0 Å². The van der Waals surface area contributed by atoms with Crippen LogP contribution in [0.25, 0.3) is 0 Å². The molecule has 2 rings (SSSR count). The van der Waals surface area contributed by atoms with Gasteiger partial charge in [-0.2, -0.15) is 0 Å². The second-order valence-corrected chi connectivity index (χ2v) is 8.38. The summed E-state index contributed by atoms with van der Waals surface area (Å²) < 4.78 is 12.5. The van der Waals surface area contributed by atoms with Gasteiger partial charge >= 0.3 is 0 Å². The van der Waals surface area contributed by atoms with Crippen LogP contribution in [0.4, 0.5) is 0 Å². The summed E-state index contributed by atoms with van der Waals surface area (Å²) in [6.07, 6.45) is 13.4. The number of thiocarbonyl (C=S) groups is 1. The highest BCUT2D eigenvalue weighted by atomic mass is 32.2. The van der Waals surface area contributed by atoms with Crippen LogP contribution >= 0.6 is 24.0 Å². The maximum absolute atomic E-state index is 5.98. The van der Waals surface area contributed by atoms with Gasteiger partial charge in [-0.25, -0.2) is 0 Å². The van der Waals surface area contributed by atoms with Crippen molar-refractivity contribution in [2.24, 2.45) is 0 Å². The van der Waals surface area contributed by atoms with E-state index < -0.39 is 0 Å². The van der Waals surface area contributed by atoms with Gasteiger partial charge in [-0.3, -0.25) is 0 Å². The lowest BCUT2D eigenvalue weighted by Gasteiger charge is -2.13. The van der Waals surface area contributed by atoms with E-state index in [4.69, 9.17) is 21.7 Å². The van der Waals surface area contributed by atoms with Gasteiger partial charge in [0, 0.05) is 16.9 Å². The predicted molar refractivity (Wildman–Crippen MR) is 113 cm³/mol. The van der Waals surface area contributed by atoms with Gasteiger partial charge in [-0.05, 0) is 18.6 Å². The van der Waals surface area contributed by atoms with Gasteiger partial charge < -0.3 is 9.47 Å². The fraction of sp³-hybridized carbons (Fsp3) is 0.667. The van der Waals surface area contributed by atoms with E-state index in [0.717, 1.165) is 40.0 Å². The number of fused-ring (bicyclic) bond motifs is 1. The molecule has 1 aromatic carbocycles. The van der Waals surface area contributed by atoms with Crippen LogP contribution in [0, 0.1) is 0 Å². The van der Waals surface area contributed by atoms with E-state index in [0.29, 0.717) is 0 Å². The summed E-state index contributed by atoms with van der Waals surface area (Å²) in [4.78, 5) is 0. The number of benzene rings is 1. The van der Waals surface area contributed by atoms with Crippen molar-refractivity contribution in [2.45, 2.75) is 76.9 Å². The van der Waals surface area contributed by atoms with Crippen molar-refractivity contribution in [3.05, 3.63) is 23.3 Å². The third-order valence-corrected chi connectivity index (χ3v) is 6.24. The zero-order valence-corrected chi connectivity index (χ0v) is 17.4. The number of thioether (sulfide) groups is 1. The van der Waals surface area contributed by atoms with Crippen molar-refractivity contribution >= 4 is 28.2 Å². The molecule has 0 atom stereocenters. The summed E-state index contributed by atoms with van der Waals surface area (Å²) in [5.41, 5.74) is 2.33. The Bertz CT molecular complexity index is 543. The van der Waals surface area contributed by atoms with Crippen LogP contribution in [-0.2, 0) is 5.75 Å². The number of ether oxygens (including phenoxy) is 2. The molecule has 0 radical (unpaired) electrons. The minimum absolute atomic E-state index is 0.767. The normalized spacial score (nSPS) is 13.1. The first-order chi connectivity index (χ1) is 12.3. The van der Waals surface area contributed by atoms with E-state index in [1.165, 1.54) is 63.4 Å². The first kappa shape index (κ1) is 20.6. The van der Waals surface area contributed by atoms with Crippen LogP contribution in [0.2, 0.25) is 0 Å². The lowest BCUT2D eigenvalue weighted by molar-refractivity contribution is 0.284. The number of rotatable bonds is 13. The van der Waals surface area contributed by atoms with Crippen molar-refractivity contribution in [1.82, 2.24) is 0 Å². The van der Waals surface area contributed by atoms with Crippen molar-refractivity contribution in [1.29, 1.82) is 0 Å². The van der Waals surface area contributed by atoms with E-state index in [2.05, 4.69) is 13.0 Å². The Morgan fingerprint density at radius 2 is 1.60 bits per heavy atom. The molecule has 4 heteroatoms. The molecule has 1 aliphatic heterocycles. The first-order valence-electron chi connectivity index (χ1n) is 9.77. The van der Waals surface area contributed by atoms with Crippen LogP contribution in [0.3, 0.4) is 0 Å². The van der Waals surface area contributed by atoms with Crippen LogP contribution in [0.1, 0.15) is 82.3 Å². The van der Waals surface area contributed by atoms with Gasteiger partial charge in [-0.15, -0.1) is 11.8 Å². The van der Waals surface area contributed by atoms with Crippen molar-refractivity contribution in [3.8, 4) is 11.5 Å². The van der Waals surface area contributed by atoms with Crippen molar-refractivity contribution < 1.29 is 9.47 Å². The zero-order valence-electron chi connectivity index (χ0n) is 15.8. The fourth-order valence-corrected chi connectivity index (χ4v) is 4.54. The number of methoxy groups -OCH3 is 1. The van der Waals surface area contributed by atoms with Gasteiger partial charge in [0.05, 0.1) is 17.9 Å². The molecule has 1 aliphatic rings. The molecule has 0 bridgehead atoms. The highest BCUT2D eigenvalue weighted by Crippen LogP contribution is 2.42. The minimum atomic E-state index is 0.767. The standard InChI is InChI=1S/C21H32O2S2/c1-3-4-5-6-7-8-9-10-11-12-15-23-19-14-13-17-18(20(19)22-2)16-25-21(17)24/h13-14H,3-12,15-16H2,1-2H3. The Kier molecular flexibility index (Phi) is 9.70. The predicted octanol–water partition coefficient (Wildman–Crippen LogP) is 6.92. The van der Waals surface area contributed by atoms with Crippen LogP contribution < -0.4 is 9.47 Å². The number of unbranched alkanes of at least 4 members (excludes halogenated alkanes) is 9. The van der Waals surface area contributed by atoms with Gasteiger partial charge in [0.25, 0.3) is 0 Å². The van der Waals surface area contributed by atoms with Gasteiger partial charge in [0.1, 0.15) is 0 Å². The second kappa shape index (κ2) is 11.8. The molecule has 0 spiro atoms. The topological polar surface area (TPSA) is 18.5 Å². The van der Waals surface area contributed by atoms with E-state index >= 15 is 0 Å². The molecular weight excluding hydrogens is 348 g/mol. The Labute approximate surface area is 163 Å². The molecule has 0 saturated heterocycles. The second-order valence-electron chi connectivity index (χ2n) is 6.73. The summed E-state index contributed by atoms with van der Waals surface area (Å²) >= 11 is 7.08. The molecule has 0 amide bonds. The largest absolute Gasteiger partial charge is 0.493 e. The maximum Gasteiger partial charge on any atom is 0.165 e. The molecule has 1 heterocycles. The zero-order chi connectivity index (χ0) is 17.9. The Morgan fingerprint density at radius 3 is 2.24 bits per heavy atom. The van der Waals surface area contributed by atoms with E-state index in [1.807, 2.05) is 6.07 Å². The summed E-state index contributed by atoms with van der Waals surface area (Å²) in [5, 5.41) is 0.